The zero-order valence-electron chi connectivity index (χ0n) is 12.3. The van der Waals surface area contributed by atoms with E-state index >= 15 is 0 Å². The molecule has 1 heterocycles. The number of para-hydroxylation sites is 1. The highest BCUT2D eigenvalue weighted by atomic mass is 32.2. The van der Waals surface area contributed by atoms with Crippen molar-refractivity contribution in [2.75, 3.05) is 12.8 Å². The maximum atomic E-state index is 5.96. The molecule has 1 unspecified atom stereocenters. The second kappa shape index (κ2) is 6.37. The van der Waals surface area contributed by atoms with Gasteiger partial charge in [-0.1, -0.05) is 35.9 Å². The third-order valence-electron chi connectivity index (χ3n) is 3.54. The predicted molar refractivity (Wildman–Crippen MR) is 89.9 cm³/mol. The summed E-state index contributed by atoms with van der Waals surface area (Å²) in [6, 6.07) is 19.1. The molecule has 3 aromatic rings. The number of thioether (sulfide) groups is 1. The van der Waals surface area contributed by atoms with E-state index in [1.807, 2.05) is 37.0 Å². The maximum absolute atomic E-state index is 5.96. The molecule has 1 aromatic heterocycles. The van der Waals surface area contributed by atoms with E-state index in [0.717, 1.165) is 22.5 Å². The highest BCUT2D eigenvalue weighted by molar-refractivity contribution is 7.99. The molecule has 0 bridgehead atoms. The number of nitrogens with one attached hydrogen (secondary N) is 1. The molecule has 0 fully saturated rings. The van der Waals surface area contributed by atoms with Gasteiger partial charge in [0.1, 0.15) is 11.3 Å². The van der Waals surface area contributed by atoms with Gasteiger partial charge in [-0.3, -0.25) is 0 Å². The van der Waals surface area contributed by atoms with Crippen LogP contribution in [0, 0.1) is 6.92 Å². The quantitative estimate of drug-likeness (QED) is 0.685. The number of furan rings is 1. The number of rotatable bonds is 5. The Morgan fingerprint density at radius 2 is 1.95 bits per heavy atom. The minimum Gasteiger partial charge on any atom is -0.459 e. The highest BCUT2D eigenvalue weighted by Crippen LogP contribution is 2.28. The van der Waals surface area contributed by atoms with E-state index in [-0.39, 0.29) is 6.04 Å². The van der Waals surface area contributed by atoms with Gasteiger partial charge < -0.3 is 9.73 Å². The van der Waals surface area contributed by atoms with Crippen LogP contribution >= 0.6 is 11.8 Å². The zero-order chi connectivity index (χ0) is 14.7. The Morgan fingerprint density at radius 1 is 1.10 bits per heavy atom. The Morgan fingerprint density at radius 3 is 2.71 bits per heavy atom. The molecule has 3 heteroatoms. The average Bonchev–Trinajstić information content (AvgIpc) is 2.91. The van der Waals surface area contributed by atoms with Crippen LogP contribution < -0.4 is 5.32 Å². The summed E-state index contributed by atoms with van der Waals surface area (Å²) in [5.41, 5.74) is 2.25. The molecule has 2 aromatic carbocycles. The Labute approximate surface area is 129 Å². The fraction of sp³-hybridized carbons (Fsp3) is 0.222. The number of hydrogen-bond acceptors (Lipinski definition) is 3. The lowest BCUT2D eigenvalue weighted by atomic mass is 10.2. The molecular weight excluding hydrogens is 278 g/mol. The normalized spacial score (nSPS) is 12.7. The summed E-state index contributed by atoms with van der Waals surface area (Å²) in [4.78, 5) is 1.30. The summed E-state index contributed by atoms with van der Waals surface area (Å²) < 4.78 is 5.96. The third kappa shape index (κ3) is 3.31. The van der Waals surface area contributed by atoms with Crippen molar-refractivity contribution >= 4 is 22.7 Å². The van der Waals surface area contributed by atoms with Crippen molar-refractivity contribution in [1.29, 1.82) is 0 Å². The van der Waals surface area contributed by atoms with E-state index in [4.69, 9.17) is 4.42 Å². The minimum absolute atomic E-state index is 0.211. The van der Waals surface area contributed by atoms with Gasteiger partial charge >= 0.3 is 0 Å². The summed E-state index contributed by atoms with van der Waals surface area (Å²) in [7, 11) is 1.98. The first kappa shape index (κ1) is 14.2. The van der Waals surface area contributed by atoms with E-state index in [2.05, 4.69) is 48.6 Å². The van der Waals surface area contributed by atoms with Crippen molar-refractivity contribution in [1.82, 2.24) is 5.32 Å². The molecule has 0 amide bonds. The summed E-state index contributed by atoms with van der Waals surface area (Å²) >= 11 is 1.85. The van der Waals surface area contributed by atoms with Crippen molar-refractivity contribution in [3.8, 4) is 0 Å². The Hall–Kier alpha value is -1.71. The Kier molecular flexibility index (Phi) is 4.32. The van der Waals surface area contributed by atoms with Gasteiger partial charge in [0.05, 0.1) is 6.04 Å². The molecular formula is C18H19NOS. The second-order valence-corrected chi connectivity index (χ2v) is 6.25. The standard InChI is InChI=1S/C18H19NOS/c1-13-6-5-8-15(10-13)21-12-16(19-2)18-11-14-7-3-4-9-17(14)20-18/h3-11,16,19H,12H2,1-2H3. The van der Waals surface area contributed by atoms with Crippen LogP contribution in [-0.2, 0) is 0 Å². The van der Waals surface area contributed by atoms with Gasteiger partial charge in [0, 0.05) is 16.0 Å². The molecule has 108 valence electrons. The summed E-state index contributed by atoms with van der Waals surface area (Å²) in [6.45, 7) is 2.12. The summed E-state index contributed by atoms with van der Waals surface area (Å²) in [6.07, 6.45) is 0. The van der Waals surface area contributed by atoms with Gasteiger partial charge in [0.15, 0.2) is 0 Å². The van der Waals surface area contributed by atoms with Crippen LogP contribution in [0.2, 0.25) is 0 Å². The summed E-state index contributed by atoms with van der Waals surface area (Å²) in [5.74, 6) is 1.94. The monoisotopic (exact) mass is 297 g/mol. The van der Waals surface area contributed by atoms with Crippen LogP contribution in [-0.4, -0.2) is 12.8 Å². The number of benzene rings is 2. The average molecular weight is 297 g/mol. The van der Waals surface area contributed by atoms with E-state index in [1.165, 1.54) is 10.5 Å². The Balaban J connectivity index is 1.75. The molecule has 1 N–H and O–H groups in total. The van der Waals surface area contributed by atoms with Crippen LogP contribution in [0.25, 0.3) is 11.0 Å². The van der Waals surface area contributed by atoms with Crippen molar-refractivity contribution in [3.05, 3.63) is 65.9 Å². The predicted octanol–water partition coefficient (Wildman–Crippen LogP) is 4.79. The molecule has 0 saturated carbocycles. The maximum Gasteiger partial charge on any atom is 0.134 e. The lowest BCUT2D eigenvalue weighted by molar-refractivity contribution is 0.479. The van der Waals surface area contributed by atoms with Crippen LogP contribution in [0.5, 0.6) is 0 Å². The van der Waals surface area contributed by atoms with E-state index < -0.39 is 0 Å². The van der Waals surface area contributed by atoms with Crippen LogP contribution in [0.15, 0.2) is 63.9 Å². The summed E-state index contributed by atoms with van der Waals surface area (Å²) in [5, 5.41) is 4.51. The molecule has 0 saturated heterocycles. The third-order valence-corrected chi connectivity index (χ3v) is 4.63. The molecule has 2 nitrogen and oxygen atoms in total. The molecule has 0 radical (unpaired) electrons. The molecule has 0 aliphatic carbocycles. The largest absolute Gasteiger partial charge is 0.459 e. The van der Waals surface area contributed by atoms with Gasteiger partial charge in [-0.25, -0.2) is 0 Å². The van der Waals surface area contributed by atoms with Crippen LogP contribution in [0.1, 0.15) is 17.4 Å². The van der Waals surface area contributed by atoms with Crippen molar-refractivity contribution in [2.45, 2.75) is 17.9 Å². The van der Waals surface area contributed by atoms with Crippen molar-refractivity contribution in [2.24, 2.45) is 0 Å². The molecule has 0 aliphatic rings. The minimum atomic E-state index is 0.211. The highest BCUT2D eigenvalue weighted by Gasteiger charge is 2.14. The van der Waals surface area contributed by atoms with Crippen molar-refractivity contribution in [3.63, 3.8) is 0 Å². The molecule has 1 atom stereocenters. The fourth-order valence-electron chi connectivity index (χ4n) is 2.37. The van der Waals surface area contributed by atoms with E-state index in [9.17, 15) is 0 Å². The molecule has 0 aliphatic heterocycles. The first-order valence-electron chi connectivity index (χ1n) is 7.11. The van der Waals surface area contributed by atoms with Crippen molar-refractivity contribution < 1.29 is 4.42 Å². The molecule has 0 spiro atoms. The van der Waals surface area contributed by atoms with Gasteiger partial charge in [0.25, 0.3) is 0 Å². The first-order valence-corrected chi connectivity index (χ1v) is 8.10. The number of fused-ring (bicyclic) bond motifs is 1. The smallest absolute Gasteiger partial charge is 0.134 e. The molecule has 3 rings (SSSR count). The SMILES string of the molecule is CNC(CSc1cccc(C)c1)c1cc2ccccc2o1. The van der Waals surface area contributed by atoms with E-state index in [0.29, 0.717) is 0 Å². The van der Waals surface area contributed by atoms with Gasteiger partial charge in [-0.2, -0.15) is 0 Å². The number of aryl methyl sites for hydroxylation is 1. The molecule has 21 heavy (non-hydrogen) atoms. The van der Waals surface area contributed by atoms with Gasteiger partial charge in [-0.05, 0) is 38.2 Å². The lowest BCUT2D eigenvalue weighted by Gasteiger charge is -2.13. The zero-order valence-corrected chi connectivity index (χ0v) is 13.1. The lowest BCUT2D eigenvalue weighted by Crippen LogP contribution is -2.17. The number of hydrogen-bond donors (Lipinski definition) is 1. The van der Waals surface area contributed by atoms with Crippen LogP contribution in [0.4, 0.5) is 0 Å². The first-order chi connectivity index (χ1) is 10.3. The van der Waals surface area contributed by atoms with Gasteiger partial charge in [0.2, 0.25) is 0 Å². The van der Waals surface area contributed by atoms with E-state index in [1.54, 1.807) is 0 Å². The topological polar surface area (TPSA) is 25.2 Å². The van der Waals surface area contributed by atoms with Crippen LogP contribution in [0.3, 0.4) is 0 Å². The second-order valence-electron chi connectivity index (χ2n) is 5.16. The Bertz CT molecular complexity index is 702. The fourth-order valence-corrected chi connectivity index (χ4v) is 3.50. The van der Waals surface area contributed by atoms with Gasteiger partial charge in [-0.15, -0.1) is 11.8 Å².